The quantitative estimate of drug-likeness (QED) is 0.702. The molecule has 23 heavy (non-hydrogen) atoms. The molecule has 1 fully saturated rings. The average molecular weight is 325 g/mol. The van der Waals surface area contributed by atoms with Crippen molar-refractivity contribution in [2.75, 3.05) is 13.1 Å². The first kappa shape index (κ1) is 19.5. The highest BCUT2D eigenvalue weighted by Gasteiger charge is 2.37. The van der Waals surface area contributed by atoms with Crippen LogP contribution in [-0.4, -0.2) is 35.7 Å². The van der Waals surface area contributed by atoms with Crippen molar-refractivity contribution >= 4 is 17.7 Å². The van der Waals surface area contributed by atoms with Crippen LogP contribution in [0.15, 0.2) is 0 Å². The molecular formula is C17H31N3O3. The van der Waals surface area contributed by atoms with Crippen LogP contribution in [0.4, 0.5) is 0 Å². The summed E-state index contributed by atoms with van der Waals surface area (Å²) in [7, 11) is 0. The molecule has 0 aromatic heterocycles. The van der Waals surface area contributed by atoms with Gasteiger partial charge in [-0.3, -0.25) is 14.4 Å². The number of carbonyl (C=O) groups is 3. The Morgan fingerprint density at radius 2 is 1.83 bits per heavy atom. The predicted octanol–water partition coefficient (Wildman–Crippen LogP) is 1.27. The first-order valence-electron chi connectivity index (χ1n) is 8.65. The van der Waals surface area contributed by atoms with Gasteiger partial charge in [-0.25, -0.2) is 0 Å². The van der Waals surface area contributed by atoms with Crippen LogP contribution < -0.4 is 11.5 Å². The standard InChI is InChI=1S/C17H31N3O3/c1-4-6-13(16(19)22)14(9-11(2)3)17(23)20-8-5-7-12(10-20)15(18)21/h11-14H,4-10H2,1-3H3,(H2,18,21)(H2,19,22)/t12?,13-,14+/m0/s1. The predicted molar refractivity (Wildman–Crippen MR) is 89.0 cm³/mol. The lowest BCUT2D eigenvalue weighted by Crippen LogP contribution is -2.49. The van der Waals surface area contributed by atoms with Gasteiger partial charge in [0.25, 0.3) is 0 Å². The van der Waals surface area contributed by atoms with Gasteiger partial charge in [0.15, 0.2) is 0 Å². The second kappa shape index (κ2) is 8.89. The molecule has 6 nitrogen and oxygen atoms in total. The van der Waals surface area contributed by atoms with Crippen molar-refractivity contribution in [3.05, 3.63) is 0 Å². The normalized spacial score (nSPS) is 21.0. The number of piperidine rings is 1. The zero-order valence-corrected chi connectivity index (χ0v) is 14.6. The third-order valence-electron chi connectivity index (χ3n) is 4.63. The number of carbonyl (C=O) groups excluding carboxylic acids is 3. The van der Waals surface area contributed by atoms with E-state index >= 15 is 0 Å². The van der Waals surface area contributed by atoms with Crippen LogP contribution >= 0.6 is 0 Å². The summed E-state index contributed by atoms with van der Waals surface area (Å²) in [6.07, 6.45) is 3.54. The monoisotopic (exact) mass is 325 g/mol. The lowest BCUT2D eigenvalue weighted by Gasteiger charge is -2.36. The third kappa shape index (κ3) is 5.52. The highest BCUT2D eigenvalue weighted by atomic mass is 16.2. The highest BCUT2D eigenvalue weighted by Crippen LogP contribution is 2.28. The summed E-state index contributed by atoms with van der Waals surface area (Å²) in [6.45, 7) is 7.03. The summed E-state index contributed by atoms with van der Waals surface area (Å²) < 4.78 is 0. The molecule has 0 aliphatic carbocycles. The van der Waals surface area contributed by atoms with E-state index in [1.54, 1.807) is 4.90 Å². The smallest absolute Gasteiger partial charge is 0.226 e. The van der Waals surface area contributed by atoms with Gasteiger partial charge in [-0.05, 0) is 31.6 Å². The molecule has 0 spiro atoms. The van der Waals surface area contributed by atoms with E-state index in [-0.39, 0.29) is 17.7 Å². The zero-order valence-electron chi connectivity index (χ0n) is 14.6. The maximum atomic E-state index is 13.0. The molecule has 1 rings (SSSR count). The van der Waals surface area contributed by atoms with E-state index in [1.807, 2.05) is 20.8 Å². The molecule has 0 aromatic carbocycles. The third-order valence-corrected chi connectivity index (χ3v) is 4.63. The molecule has 1 unspecified atom stereocenters. The van der Waals surface area contributed by atoms with Crippen LogP contribution in [-0.2, 0) is 14.4 Å². The number of rotatable bonds is 8. The molecule has 0 aromatic rings. The zero-order chi connectivity index (χ0) is 17.6. The Kier molecular flexibility index (Phi) is 7.52. The van der Waals surface area contributed by atoms with E-state index in [9.17, 15) is 14.4 Å². The minimum absolute atomic E-state index is 0.0538. The van der Waals surface area contributed by atoms with Crippen molar-refractivity contribution in [2.45, 2.75) is 52.9 Å². The van der Waals surface area contributed by atoms with E-state index in [0.29, 0.717) is 31.8 Å². The first-order valence-corrected chi connectivity index (χ1v) is 8.65. The van der Waals surface area contributed by atoms with Gasteiger partial charge in [0, 0.05) is 24.9 Å². The van der Waals surface area contributed by atoms with Crippen molar-refractivity contribution in [3.63, 3.8) is 0 Å². The Morgan fingerprint density at radius 3 is 2.30 bits per heavy atom. The van der Waals surface area contributed by atoms with Crippen LogP contribution in [0.3, 0.4) is 0 Å². The van der Waals surface area contributed by atoms with E-state index in [0.717, 1.165) is 19.3 Å². The van der Waals surface area contributed by atoms with Gasteiger partial charge >= 0.3 is 0 Å². The second-order valence-electron chi connectivity index (χ2n) is 7.06. The van der Waals surface area contributed by atoms with Gasteiger partial charge in [0.05, 0.1) is 5.92 Å². The fourth-order valence-electron chi connectivity index (χ4n) is 3.44. The van der Waals surface area contributed by atoms with Crippen LogP contribution in [0.2, 0.25) is 0 Å². The topological polar surface area (TPSA) is 106 Å². The second-order valence-corrected chi connectivity index (χ2v) is 7.06. The molecule has 132 valence electrons. The molecule has 3 amide bonds. The van der Waals surface area contributed by atoms with Crippen molar-refractivity contribution in [1.29, 1.82) is 0 Å². The fourth-order valence-corrected chi connectivity index (χ4v) is 3.44. The summed E-state index contributed by atoms with van der Waals surface area (Å²) in [6, 6.07) is 0. The highest BCUT2D eigenvalue weighted by molar-refractivity contribution is 5.87. The summed E-state index contributed by atoms with van der Waals surface area (Å²) in [5, 5.41) is 0. The summed E-state index contributed by atoms with van der Waals surface area (Å²) >= 11 is 0. The first-order chi connectivity index (χ1) is 10.8. The molecule has 1 aliphatic heterocycles. The minimum Gasteiger partial charge on any atom is -0.369 e. The number of likely N-dealkylation sites (tertiary alicyclic amines) is 1. The van der Waals surface area contributed by atoms with E-state index in [1.165, 1.54) is 0 Å². The van der Waals surface area contributed by atoms with Crippen LogP contribution in [0, 0.1) is 23.7 Å². The molecule has 0 saturated carbocycles. The van der Waals surface area contributed by atoms with Crippen LogP contribution in [0.1, 0.15) is 52.9 Å². The lowest BCUT2D eigenvalue weighted by molar-refractivity contribution is -0.144. The molecule has 0 bridgehead atoms. The van der Waals surface area contributed by atoms with Gasteiger partial charge < -0.3 is 16.4 Å². The molecule has 4 N–H and O–H groups in total. The molecule has 3 atom stereocenters. The van der Waals surface area contributed by atoms with Crippen molar-refractivity contribution < 1.29 is 14.4 Å². The molecular weight excluding hydrogens is 294 g/mol. The van der Waals surface area contributed by atoms with E-state index in [4.69, 9.17) is 11.5 Å². The van der Waals surface area contributed by atoms with E-state index in [2.05, 4.69) is 0 Å². The Hall–Kier alpha value is -1.59. The maximum Gasteiger partial charge on any atom is 0.226 e. The van der Waals surface area contributed by atoms with Gasteiger partial charge in [-0.2, -0.15) is 0 Å². The fraction of sp³-hybridized carbons (Fsp3) is 0.824. The number of nitrogens with zero attached hydrogens (tertiary/aromatic N) is 1. The van der Waals surface area contributed by atoms with E-state index < -0.39 is 17.7 Å². The Labute approximate surface area is 138 Å². The Balaban J connectivity index is 2.93. The molecule has 0 radical (unpaired) electrons. The molecule has 1 saturated heterocycles. The molecule has 6 heteroatoms. The van der Waals surface area contributed by atoms with Gasteiger partial charge in [0.1, 0.15) is 0 Å². The summed E-state index contributed by atoms with van der Waals surface area (Å²) in [5.74, 6) is -1.66. The summed E-state index contributed by atoms with van der Waals surface area (Å²) in [5.41, 5.74) is 10.9. The van der Waals surface area contributed by atoms with Crippen molar-refractivity contribution in [3.8, 4) is 0 Å². The van der Waals surface area contributed by atoms with Crippen LogP contribution in [0.5, 0.6) is 0 Å². The van der Waals surface area contributed by atoms with Crippen LogP contribution in [0.25, 0.3) is 0 Å². The number of primary amides is 2. The van der Waals surface area contributed by atoms with Gasteiger partial charge in [-0.15, -0.1) is 0 Å². The maximum absolute atomic E-state index is 13.0. The Morgan fingerprint density at radius 1 is 1.17 bits per heavy atom. The largest absolute Gasteiger partial charge is 0.369 e. The molecule has 1 aliphatic rings. The number of hydrogen-bond donors (Lipinski definition) is 2. The number of hydrogen-bond acceptors (Lipinski definition) is 3. The SMILES string of the molecule is CCC[C@H](C(N)=O)[C@@H](CC(C)C)C(=O)N1CCCC(C(N)=O)C1. The number of amides is 3. The van der Waals surface area contributed by atoms with Crippen molar-refractivity contribution in [2.24, 2.45) is 35.1 Å². The molecule has 1 heterocycles. The van der Waals surface area contributed by atoms with Gasteiger partial charge in [0.2, 0.25) is 17.7 Å². The lowest BCUT2D eigenvalue weighted by atomic mass is 9.80. The number of nitrogens with two attached hydrogens (primary N) is 2. The van der Waals surface area contributed by atoms with Crippen molar-refractivity contribution in [1.82, 2.24) is 4.90 Å². The average Bonchev–Trinajstić information content (AvgIpc) is 2.49. The minimum atomic E-state index is -0.441. The van der Waals surface area contributed by atoms with Gasteiger partial charge in [-0.1, -0.05) is 27.2 Å². The Bertz CT molecular complexity index is 437. The summed E-state index contributed by atoms with van der Waals surface area (Å²) in [4.78, 5) is 38.0.